The van der Waals surface area contributed by atoms with Gasteiger partial charge in [-0.2, -0.15) is 5.10 Å². The predicted octanol–water partition coefficient (Wildman–Crippen LogP) is 2.92. The number of rotatable bonds is 7. The molecule has 5 heteroatoms. The van der Waals surface area contributed by atoms with E-state index in [1.54, 1.807) is 18.9 Å². The summed E-state index contributed by atoms with van der Waals surface area (Å²) in [6, 6.07) is 8.71. The lowest BCUT2D eigenvalue weighted by Crippen LogP contribution is -2.19. The highest BCUT2D eigenvalue weighted by atomic mass is 32.2. The van der Waals surface area contributed by atoms with Crippen LogP contribution in [0.4, 0.5) is 0 Å². The molecule has 0 aliphatic heterocycles. The predicted molar refractivity (Wildman–Crippen MR) is 86.8 cm³/mol. The van der Waals surface area contributed by atoms with Crippen LogP contribution < -0.4 is 5.32 Å². The minimum atomic E-state index is 0.731. The maximum Gasteiger partial charge on any atom is 0.0987 e. The van der Waals surface area contributed by atoms with Crippen LogP contribution in [0.1, 0.15) is 16.8 Å². The third-order valence-electron chi connectivity index (χ3n) is 3.19. The molecule has 0 saturated carbocycles. The summed E-state index contributed by atoms with van der Waals surface area (Å²) in [4.78, 5) is 1.27. The fraction of sp³-hybridized carbons (Fsp3) is 0.438. The van der Waals surface area contributed by atoms with Crippen LogP contribution in [-0.2, 0) is 18.3 Å². The van der Waals surface area contributed by atoms with Crippen molar-refractivity contribution in [3.05, 3.63) is 41.1 Å². The van der Waals surface area contributed by atoms with Crippen molar-refractivity contribution in [3.63, 3.8) is 0 Å². The molecule has 0 bridgehead atoms. The summed E-state index contributed by atoms with van der Waals surface area (Å²) in [5.41, 5.74) is 3.64. The molecule has 0 saturated heterocycles. The van der Waals surface area contributed by atoms with Gasteiger partial charge >= 0.3 is 0 Å². The van der Waals surface area contributed by atoms with E-state index in [0.29, 0.717) is 0 Å². The molecule has 4 nitrogen and oxygen atoms in total. The molecule has 114 valence electrons. The molecule has 0 atom stereocenters. The number of ether oxygens (including phenoxy) is 1. The normalized spacial score (nSPS) is 11.0. The summed E-state index contributed by atoms with van der Waals surface area (Å²) in [6.45, 7) is 6.59. The van der Waals surface area contributed by atoms with Crippen LogP contribution in [0.2, 0.25) is 0 Å². The number of nitrogens with one attached hydrogen (secondary N) is 1. The summed E-state index contributed by atoms with van der Waals surface area (Å²) >= 11 is 1.76. The lowest BCUT2D eigenvalue weighted by molar-refractivity contribution is 0.199. The van der Waals surface area contributed by atoms with E-state index in [-0.39, 0.29) is 0 Å². The summed E-state index contributed by atoms with van der Waals surface area (Å²) in [7, 11) is 3.71. The molecule has 1 heterocycles. The average Bonchev–Trinajstić information content (AvgIpc) is 2.76. The van der Waals surface area contributed by atoms with E-state index in [4.69, 9.17) is 4.74 Å². The number of hydrogen-bond acceptors (Lipinski definition) is 4. The van der Waals surface area contributed by atoms with Gasteiger partial charge in [0.25, 0.3) is 0 Å². The zero-order valence-electron chi connectivity index (χ0n) is 13.1. The Bertz CT molecular complexity index is 595. The van der Waals surface area contributed by atoms with Gasteiger partial charge in [0.05, 0.1) is 17.3 Å². The van der Waals surface area contributed by atoms with Gasteiger partial charge in [-0.1, -0.05) is 29.5 Å². The van der Waals surface area contributed by atoms with Crippen LogP contribution in [-0.4, -0.2) is 30.0 Å². The van der Waals surface area contributed by atoms with Crippen molar-refractivity contribution in [1.29, 1.82) is 0 Å². The second kappa shape index (κ2) is 7.64. The number of methoxy groups -OCH3 is 1. The molecule has 2 rings (SSSR count). The molecular formula is C16H23N3OS. The van der Waals surface area contributed by atoms with Gasteiger partial charge in [0, 0.05) is 32.1 Å². The zero-order valence-corrected chi connectivity index (χ0v) is 14.0. The summed E-state index contributed by atoms with van der Waals surface area (Å²) < 4.78 is 7.00. The maximum atomic E-state index is 5.07. The van der Waals surface area contributed by atoms with Crippen LogP contribution in [0.25, 0.3) is 0 Å². The maximum absolute atomic E-state index is 5.07. The molecule has 1 aromatic heterocycles. The van der Waals surface area contributed by atoms with Crippen LogP contribution in [0.3, 0.4) is 0 Å². The molecule has 1 aromatic carbocycles. The first-order valence-corrected chi connectivity index (χ1v) is 7.89. The highest BCUT2D eigenvalue weighted by Crippen LogP contribution is 2.31. The number of aryl methyl sites for hydroxylation is 3. The molecule has 1 N–H and O–H groups in total. The molecule has 0 unspecified atom stereocenters. The molecule has 2 aromatic rings. The van der Waals surface area contributed by atoms with Gasteiger partial charge in [0.1, 0.15) is 0 Å². The van der Waals surface area contributed by atoms with Crippen LogP contribution in [0.5, 0.6) is 0 Å². The van der Waals surface area contributed by atoms with Crippen molar-refractivity contribution in [1.82, 2.24) is 15.1 Å². The Morgan fingerprint density at radius 2 is 2.10 bits per heavy atom. The Hall–Kier alpha value is -1.30. The highest BCUT2D eigenvalue weighted by Gasteiger charge is 2.08. The van der Waals surface area contributed by atoms with Gasteiger partial charge in [0.15, 0.2) is 0 Å². The third-order valence-corrected chi connectivity index (χ3v) is 4.40. The summed E-state index contributed by atoms with van der Waals surface area (Å²) in [5.74, 6) is 0. The molecule has 0 spiro atoms. The smallest absolute Gasteiger partial charge is 0.0987 e. The van der Waals surface area contributed by atoms with Crippen molar-refractivity contribution in [2.75, 3.05) is 20.3 Å². The minimum Gasteiger partial charge on any atom is -0.383 e. The zero-order chi connectivity index (χ0) is 15.2. The molecule has 0 aliphatic rings. The van der Waals surface area contributed by atoms with E-state index >= 15 is 0 Å². The molecule has 0 radical (unpaired) electrons. The third kappa shape index (κ3) is 4.59. The Balaban J connectivity index is 2.12. The van der Waals surface area contributed by atoms with Gasteiger partial charge in [-0.15, -0.1) is 0 Å². The minimum absolute atomic E-state index is 0.731. The first kappa shape index (κ1) is 16.1. The second-order valence-corrected chi connectivity index (χ2v) is 6.19. The number of benzene rings is 1. The quantitative estimate of drug-likeness (QED) is 0.798. The monoisotopic (exact) mass is 305 g/mol. The van der Waals surface area contributed by atoms with E-state index < -0.39 is 0 Å². The standard InChI is InChI=1S/C16H23N3OS/c1-12-5-6-15(14(9-12)11-17-7-8-20-4)21-16-10-13(2)18-19(16)3/h5-6,9-10,17H,7-8,11H2,1-4H3. The van der Waals surface area contributed by atoms with Gasteiger partial charge in [-0.25, -0.2) is 0 Å². The Morgan fingerprint density at radius 3 is 2.76 bits per heavy atom. The number of hydrogen-bond donors (Lipinski definition) is 1. The lowest BCUT2D eigenvalue weighted by atomic mass is 10.1. The largest absolute Gasteiger partial charge is 0.383 e. The van der Waals surface area contributed by atoms with E-state index in [1.165, 1.54) is 16.0 Å². The molecule has 0 fully saturated rings. The van der Waals surface area contributed by atoms with E-state index in [2.05, 4.69) is 41.6 Å². The fourth-order valence-electron chi connectivity index (χ4n) is 2.14. The molecule has 21 heavy (non-hydrogen) atoms. The van der Waals surface area contributed by atoms with Crippen molar-refractivity contribution in [2.24, 2.45) is 7.05 Å². The van der Waals surface area contributed by atoms with Crippen molar-refractivity contribution in [3.8, 4) is 0 Å². The summed E-state index contributed by atoms with van der Waals surface area (Å²) in [6.07, 6.45) is 0. The van der Waals surface area contributed by atoms with Crippen molar-refractivity contribution < 1.29 is 4.74 Å². The van der Waals surface area contributed by atoms with Gasteiger partial charge in [-0.3, -0.25) is 4.68 Å². The van der Waals surface area contributed by atoms with Crippen LogP contribution in [0.15, 0.2) is 34.2 Å². The Morgan fingerprint density at radius 1 is 1.29 bits per heavy atom. The van der Waals surface area contributed by atoms with Gasteiger partial charge < -0.3 is 10.1 Å². The van der Waals surface area contributed by atoms with Crippen LogP contribution >= 0.6 is 11.8 Å². The topological polar surface area (TPSA) is 39.1 Å². The molecule has 0 amide bonds. The summed E-state index contributed by atoms with van der Waals surface area (Å²) in [5, 5.41) is 8.98. The Labute approximate surface area is 130 Å². The van der Waals surface area contributed by atoms with Gasteiger partial charge in [0.2, 0.25) is 0 Å². The molecular weight excluding hydrogens is 282 g/mol. The van der Waals surface area contributed by atoms with E-state index in [0.717, 1.165) is 30.4 Å². The van der Waals surface area contributed by atoms with Crippen molar-refractivity contribution >= 4 is 11.8 Å². The highest BCUT2D eigenvalue weighted by molar-refractivity contribution is 7.99. The first-order chi connectivity index (χ1) is 10.1. The van der Waals surface area contributed by atoms with E-state index in [9.17, 15) is 0 Å². The number of aromatic nitrogens is 2. The number of nitrogens with zero attached hydrogens (tertiary/aromatic N) is 2. The molecule has 0 aliphatic carbocycles. The first-order valence-electron chi connectivity index (χ1n) is 7.08. The second-order valence-electron chi connectivity index (χ2n) is 5.13. The average molecular weight is 305 g/mol. The van der Waals surface area contributed by atoms with Crippen molar-refractivity contribution in [2.45, 2.75) is 30.3 Å². The fourth-order valence-corrected chi connectivity index (χ4v) is 3.16. The van der Waals surface area contributed by atoms with Gasteiger partial charge in [-0.05, 0) is 31.5 Å². The lowest BCUT2D eigenvalue weighted by Gasteiger charge is -2.11. The SMILES string of the molecule is COCCNCc1cc(C)ccc1Sc1cc(C)nn1C. The Kier molecular flexibility index (Phi) is 5.85. The van der Waals surface area contributed by atoms with Crippen LogP contribution in [0, 0.1) is 13.8 Å². The van der Waals surface area contributed by atoms with E-state index in [1.807, 2.05) is 18.7 Å².